The lowest BCUT2D eigenvalue weighted by Crippen LogP contribution is -2.17. The molecule has 0 spiro atoms. The minimum Gasteiger partial charge on any atom is -0.454 e. The quantitative estimate of drug-likeness (QED) is 0.0517. The van der Waals surface area contributed by atoms with E-state index in [0.717, 1.165) is 109 Å². The van der Waals surface area contributed by atoms with E-state index in [1.807, 2.05) is 135 Å². The van der Waals surface area contributed by atoms with Crippen LogP contribution in [0.2, 0.25) is 0 Å². The van der Waals surface area contributed by atoms with Crippen molar-refractivity contribution in [1.29, 1.82) is 0 Å². The Hall–Kier alpha value is -7.72. The first-order chi connectivity index (χ1) is 40.4. The van der Waals surface area contributed by atoms with Crippen molar-refractivity contribution in [2.75, 3.05) is 9.80 Å². The number of benzene rings is 7. The van der Waals surface area contributed by atoms with Crippen LogP contribution in [0.4, 0.5) is 54.8 Å². The Labute approximate surface area is 491 Å². The Morgan fingerprint density at radius 1 is 0.655 bits per heavy atom. The van der Waals surface area contributed by atoms with E-state index in [9.17, 15) is 26.3 Å². The molecule has 1 saturated carbocycles. The molecule has 1 fully saturated rings. The van der Waals surface area contributed by atoms with Crippen molar-refractivity contribution in [3.05, 3.63) is 191 Å². The van der Waals surface area contributed by atoms with Gasteiger partial charge in [0, 0.05) is 49.8 Å². The first-order valence-corrected chi connectivity index (χ1v) is 30.0. The standard InChI is InChI=1S/C66H60F6N2O2.C8H18/c1-8-19-50-52-24-17-27-58(63(52)75-61(50)40(6)9-2)74(48-35-32-46(33-36-48)66(70,71)72)55-38-30-44-28-37-54-56(39-29-42(10-3)60(54)59(44)41(55)7)73(47(12-5)34-31-45(11-4)65(67,68)69)57-26-18-25-53-51-23-16-22-49(62(51)76-64(53)57)43-20-14-13-15-21-43;1-4-6-8(3)7-5-2/h8-10,16-19,22-39,43H,3,11-15,20-21H2,1-2,4-7H3;8H,4-7H2,1-3H3/b19-8-,40-9-,45-31+,47-34+;. The maximum absolute atomic E-state index is 14.5. The summed E-state index contributed by atoms with van der Waals surface area (Å²) in [5.74, 6) is 2.01. The van der Waals surface area contributed by atoms with E-state index in [1.165, 1.54) is 62.8 Å². The van der Waals surface area contributed by atoms with Crippen LogP contribution in [0.3, 0.4) is 0 Å². The first kappa shape index (κ1) is 60.9. The van der Waals surface area contributed by atoms with Crippen molar-refractivity contribution in [2.24, 2.45) is 5.92 Å². The number of hydrogen-bond donors (Lipinski definition) is 0. The summed E-state index contributed by atoms with van der Waals surface area (Å²) < 4.78 is 99.8. The summed E-state index contributed by atoms with van der Waals surface area (Å²) >= 11 is 0. The molecule has 1 aliphatic carbocycles. The average Bonchev–Trinajstić information content (AvgIpc) is 2.13. The number of halogens is 6. The molecule has 84 heavy (non-hydrogen) atoms. The van der Waals surface area contributed by atoms with Gasteiger partial charge in [-0.15, -0.1) is 0 Å². The fourth-order valence-corrected chi connectivity index (χ4v) is 12.6. The third kappa shape index (κ3) is 12.1. The van der Waals surface area contributed by atoms with Gasteiger partial charge in [-0.25, -0.2) is 0 Å². The molecule has 0 saturated heterocycles. The number of allylic oxidation sites excluding steroid dienone is 7. The monoisotopic (exact) mass is 1140 g/mol. The summed E-state index contributed by atoms with van der Waals surface area (Å²) in [5, 5.41) is 6.13. The summed E-state index contributed by atoms with van der Waals surface area (Å²) in [5.41, 5.74) is 9.02. The van der Waals surface area contributed by atoms with E-state index in [2.05, 4.69) is 45.5 Å². The highest BCUT2D eigenvalue weighted by Gasteiger charge is 2.33. The minimum atomic E-state index is -4.55. The normalized spacial score (nSPS) is 14.2. The SMILES string of the molecule is C=Cc1ccc(N(/C(=C/C=C(\CC)C(F)(F)F)CC)c2cccc3c2oc2c(C4CCCCC4)cccc23)c2ccc3ccc(N(c4ccc(C(F)(F)F)cc4)c4cccc5c(/C=C\C)c(/C(C)=C\C)oc45)c(C)c3c12.CCCC(C)CCC. The minimum absolute atomic E-state index is 0.198. The summed E-state index contributed by atoms with van der Waals surface area (Å²) in [6, 6.07) is 35.4. The number of para-hydroxylation sites is 3. The second-order valence-corrected chi connectivity index (χ2v) is 22.4. The molecule has 2 heterocycles. The molecule has 0 atom stereocenters. The van der Waals surface area contributed by atoms with Gasteiger partial charge in [0.25, 0.3) is 0 Å². The summed E-state index contributed by atoms with van der Waals surface area (Å²) in [6.07, 6.45) is 12.8. The highest BCUT2D eigenvalue weighted by molar-refractivity contribution is 6.19. The first-order valence-electron chi connectivity index (χ1n) is 30.0. The van der Waals surface area contributed by atoms with Gasteiger partial charge < -0.3 is 18.6 Å². The molecule has 2 aromatic heterocycles. The molecule has 9 aromatic rings. The number of furan rings is 2. The second-order valence-electron chi connectivity index (χ2n) is 22.4. The molecule has 0 amide bonds. The highest BCUT2D eigenvalue weighted by Crippen LogP contribution is 2.50. The molecule has 1 aliphatic rings. The van der Waals surface area contributed by atoms with Crippen LogP contribution in [0, 0.1) is 12.8 Å². The van der Waals surface area contributed by atoms with E-state index >= 15 is 0 Å². The number of nitrogens with zero attached hydrogens (tertiary/aromatic N) is 2. The van der Waals surface area contributed by atoms with Crippen LogP contribution in [0.5, 0.6) is 0 Å². The van der Waals surface area contributed by atoms with E-state index in [1.54, 1.807) is 12.2 Å². The van der Waals surface area contributed by atoms with Gasteiger partial charge in [0.15, 0.2) is 11.2 Å². The predicted molar refractivity (Wildman–Crippen MR) is 343 cm³/mol. The van der Waals surface area contributed by atoms with Crippen LogP contribution in [0.15, 0.2) is 166 Å². The lowest BCUT2D eigenvalue weighted by Gasteiger charge is -2.30. The Morgan fingerprint density at radius 2 is 1.29 bits per heavy atom. The summed E-state index contributed by atoms with van der Waals surface area (Å²) in [7, 11) is 0. The molecule has 0 aliphatic heterocycles. The van der Waals surface area contributed by atoms with Gasteiger partial charge in [-0.3, -0.25) is 0 Å². The molecule has 0 unspecified atom stereocenters. The van der Waals surface area contributed by atoms with E-state index in [0.29, 0.717) is 63.4 Å². The van der Waals surface area contributed by atoms with Gasteiger partial charge in [0.1, 0.15) is 11.3 Å². The number of fused-ring (bicyclic) bond motifs is 7. The molecular weight excluding hydrogens is 1060 g/mol. The third-order valence-electron chi connectivity index (χ3n) is 16.9. The van der Waals surface area contributed by atoms with Crippen molar-refractivity contribution < 1.29 is 35.2 Å². The maximum atomic E-state index is 14.5. The van der Waals surface area contributed by atoms with Gasteiger partial charge in [-0.2, -0.15) is 26.3 Å². The van der Waals surface area contributed by atoms with Crippen molar-refractivity contribution in [1.82, 2.24) is 0 Å². The van der Waals surface area contributed by atoms with Crippen molar-refractivity contribution in [2.45, 2.75) is 151 Å². The predicted octanol–water partition coefficient (Wildman–Crippen LogP) is 25.1. The number of rotatable bonds is 17. The van der Waals surface area contributed by atoms with Gasteiger partial charge in [0.05, 0.1) is 22.6 Å². The van der Waals surface area contributed by atoms with E-state index < -0.39 is 23.5 Å². The van der Waals surface area contributed by atoms with Gasteiger partial charge in [-0.1, -0.05) is 183 Å². The van der Waals surface area contributed by atoms with Gasteiger partial charge in [-0.05, 0) is 158 Å². The van der Waals surface area contributed by atoms with Crippen LogP contribution < -0.4 is 9.80 Å². The van der Waals surface area contributed by atoms with Crippen LogP contribution in [0.25, 0.3) is 72.2 Å². The topological polar surface area (TPSA) is 32.8 Å². The average molecular weight is 1140 g/mol. The Kier molecular flexibility index (Phi) is 18.9. The largest absolute Gasteiger partial charge is 0.454 e. The number of anilines is 5. The van der Waals surface area contributed by atoms with Crippen LogP contribution in [-0.2, 0) is 6.18 Å². The molecule has 10 heteroatoms. The summed E-state index contributed by atoms with van der Waals surface area (Å²) in [4.78, 5) is 4.00. The van der Waals surface area contributed by atoms with Crippen molar-refractivity contribution in [3.63, 3.8) is 0 Å². The Morgan fingerprint density at radius 3 is 1.90 bits per heavy atom. The Balaban J connectivity index is 0.000000986. The molecule has 4 nitrogen and oxygen atoms in total. The number of alkyl halides is 6. The lowest BCUT2D eigenvalue weighted by atomic mass is 9.83. The molecule has 0 bridgehead atoms. The maximum Gasteiger partial charge on any atom is 0.416 e. The molecular formula is C74H78F6N2O2. The zero-order chi connectivity index (χ0) is 60.0. The lowest BCUT2D eigenvalue weighted by molar-refractivity contribution is -0.137. The fourth-order valence-electron chi connectivity index (χ4n) is 12.6. The third-order valence-corrected chi connectivity index (χ3v) is 16.9. The molecule has 10 rings (SSSR count). The Bertz CT molecular complexity index is 3950. The van der Waals surface area contributed by atoms with Crippen LogP contribution >= 0.6 is 0 Å². The van der Waals surface area contributed by atoms with Crippen molar-refractivity contribution >= 4 is 101 Å². The number of hydrogen-bond acceptors (Lipinski definition) is 4. The van der Waals surface area contributed by atoms with E-state index in [4.69, 9.17) is 8.83 Å². The number of aryl methyl sites for hydroxylation is 1. The molecule has 0 radical (unpaired) electrons. The van der Waals surface area contributed by atoms with Gasteiger partial charge in [0.2, 0.25) is 0 Å². The van der Waals surface area contributed by atoms with Gasteiger partial charge >= 0.3 is 12.4 Å². The zero-order valence-corrected chi connectivity index (χ0v) is 50.1. The van der Waals surface area contributed by atoms with Crippen molar-refractivity contribution in [3.8, 4) is 0 Å². The highest BCUT2D eigenvalue weighted by atomic mass is 19.4. The molecule has 7 aromatic carbocycles. The zero-order valence-electron chi connectivity index (χ0n) is 50.1. The second kappa shape index (κ2) is 26.0. The fraction of sp³-hybridized carbons (Fsp3) is 0.324. The summed E-state index contributed by atoms with van der Waals surface area (Å²) in [6.45, 7) is 22.5. The van der Waals surface area contributed by atoms with E-state index in [-0.39, 0.29) is 6.42 Å². The van der Waals surface area contributed by atoms with Crippen LogP contribution in [-0.4, -0.2) is 6.18 Å². The van der Waals surface area contributed by atoms with Crippen LogP contribution in [0.1, 0.15) is 166 Å². The molecule has 438 valence electrons. The smallest absolute Gasteiger partial charge is 0.416 e. The molecule has 0 N–H and O–H groups in total.